The van der Waals surface area contributed by atoms with Gasteiger partial charge in [-0.1, -0.05) is 18.2 Å². The lowest BCUT2D eigenvalue weighted by Crippen LogP contribution is -2.42. The van der Waals surface area contributed by atoms with Crippen LogP contribution < -0.4 is 4.90 Å². The summed E-state index contributed by atoms with van der Waals surface area (Å²) in [4.78, 5) is 2.55. The molecule has 0 radical (unpaired) electrons. The smallest absolute Gasteiger partial charge is 0.0403 e. The van der Waals surface area contributed by atoms with E-state index in [1.807, 2.05) is 0 Å². The Bertz CT molecular complexity index is 335. The SMILES string of the molecule is CC(C)(C)N1CCCCc2ccccc21. The summed E-state index contributed by atoms with van der Waals surface area (Å²) in [7, 11) is 0. The molecular formula is C14H21N. The quantitative estimate of drug-likeness (QED) is 0.622. The highest BCUT2D eigenvalue weighted by Gasteiger charge is 2.24. The summed E-state index contributed by atoms with van der Waals surface area (Å²) in [6.45, 7) is 8.10. The molecule has 1 nitrogen and oxygen atoms in total. The number of rotatable bonds is 0. The van der Waals surface area contributed by atoms with Crippen LogP contribution in [0.5, 0.6) is 0 Å². The third kappa shape index (κ3) is 2.17. The number of nitrogens with zero attached hydrogens (tertiary/aromatic N) is 1. The van der Waals surface area contributed by atoms with Crippen molar-refractivity contribution >= 4 is 5.69 Å². The molecule has 0 N–H and O–H groups in total. The molecule has 0 amide bonds. The maximum atomic E-state index is 2.55. The number of fused-ring (bicyclic) bond motifs is 1. The highest BCUT2D eigenvalue weighted by molar-refractivity contribution is 5.56. The van der Waals surface area contributed by atoms with E-state index in [2.05, 4.69) is 49.9 Å². The second-order valence-electron chi connectivity index (χ2n) is 5.41. The Balaban J connectivity index is 2.41. The second kappa shape index (κ2) is 3.88. The molecule has 0 bridgehead atoms. The van der Waals surface area contributed by atoms with E-state index in [1.165, 1.54) is 37.1 Å². The minimum absolute atomic E-state index is 0.237. The van der Waals surface area contributed by atoms with Gasteiger partial charge in [0.05, 0.1) is 0 Å². The molecule has 0 aliphatic carbocycles. The van der Waals surface area contributed by atoms with Crippen molar-refractivity contribution in [2.24, 2.45) is 0 Å². The van der Waals surface area contributed by atoms with Crippen LogP contribution in [0.3, 0.4) is 0 Å². The van der Waals surface area contributed by atoms with Gasteiger partial charge in [0.2, 0.25) is 0 Å². The molecule has 0 unspecified atom stereocenters. The molecule has 1 heteroatoms. The lowest BCUT2D eigenvalue weighted by Gasteiger charge is -2.38. The van der Waals surface area contributed by atoms with E-state index in [0.717, 1.165) is 0 Å². The molecule has 1 aromatic carbocycles. The Hall–Kier alpha value is -0.980. The molecule has 1 heterocycles. The lowest BCUT2D eigenvalue weighted by atomic mass is 10.0. The number of anilines is 1. The third-order valence-electron chi connectivity index (χ3n) is 3.17. The van der Waals surface area contributed by atoms with Crippen molar-refractivity contribution in [3.05, 3.63) is 29.8 Å². The number of para-hydroxylation sites is 1. The van der Waals surface area contributed by atoms with Crippen molar-refractivity contribution in [1.29, 1.82) is 0 Å². The van der Waals surface area contributed by atoms with Gasteiger partial charge in [-0.25, -0.2) is 0 Å². The average Bonchev–Trinajstić information content (AvgIpc) is 2.38. The Morgan fingerprint density at radius 1 is 1.07 bits per heavy atom. The van der Waals surface area contributed by atoms with Gasteiger partial charge in [0.15, 0.2) is 0 Å². The summed E-state index contributed by atoms with van der Waals surface area (Å²) in [5, 5.41) is 0. The van der Waals surface area contributed by atoms with Gasteiger partial charge in [0.25, 0.3) is 0 Å². The number of benzene rings is 1. The zero-order valence-electron chi connectivity index (χ0n) is 10.1. The number of hydrogen-bond acceptors (Lipinski definition) is 1. The van der Waals surface area contributed by atoms with Crippen LogP contribution in [-0.2, 0) is 6.42 Å². The largest absolute Gasteiger partial charge is 0.366 e. The fourth-order valence-corrected chi connectivity index (χ4v) is 2.39. The first kappa shape index (κ1) is 10.5. The molecule has 0 saturated heterocycles. The molecule has 1 aliphatic heterocycles. The van der Waals surface area contributed by atoms with Crippen LogP contribution in [0.1, 0.15) is 39.2 Å². The van der Waals surface area contributed by atoms with Gasteiger partial charge in [-0.15, -0.1) is 0 Å². The number of aryl methyl sites for hydroxylation is 1. The molecule has 1 aliphatic rings. The second-order valence-corrected chi connectivity index (χ2v) is 5.41. The van der Waals surface area contributed by atoms with Crippen LogP contribution >= 0.6 is 0 Å². The summed E-state index contributed by atoms with van der Waals surface area (Å²) in [6, 6.07) is 8.86. The Morgan fingerprint density at radius 2 is 1.80 bits per heavy atom. The molecule has 2 rings (SSSR count). The predicted molar refractivity (Wildman–Crippen MR) is 66.5 cm³/mol. The van der Waals surface area contributed by atoms with Crippen LogP contribution in [0.15, 0.2) is 24.3 Å². The molecule has 15 heavy (non-hydrogen) atoms. The summed E-state index contributed by atoms with van der Waals surface area (Å²) in [5.41, 5.74) is 3.20. The molecule has 0 aromatic heterocycles. The molecule has 0 atom stereocenters. The van der Waals surface area contributed by atoms with E-state index in [4.69, 9.17) is 0 Å². The minimum atomic E-state index is 0.237. The van der Waals surface area contributed by atoms with Crippen LogP contribution in [0.25, 0.3) is 0 Å². The molecule has 0 fully saturated rings. The van der Waals surface area contributed by atoms with E-state index in [0.29, 0.717) is 0 Å². The maximum absolute atomic E-state index is 2.55. The zero-order valence-corrected chi connectivity index (χ0v) is 10.1. The highest BCUT2D eigenvalue weighted by Crippen LogP contribution is 2.31. The van der Waals surface area contributed by atoms with Crippen molar-refractivity contribution < 1.29 is 0 Å². The molecule has 1 aromatic rings. The normalized spacial score (nSPS) is 17.1. The van der Waals surface area contributed by atoms with Gasteiger partial charge in [-0.3, -0.25) is 0 Å². The fraction of sp³-hybridized carbons (Fsp3) is 0.571. The van der Waals surface area contributed by atoms with Crippen LogP contribution in [-0.4, -0.2) is 12.1 Å². The van der Waals surface area contributed by atoms with Gasteiger partial charge in [-0.2, -0.15) is 0 Å². The standard InChI is InChI=1S/C14H21N/c1-14(2,3)15-11-7-6-9-12-8-4-5-10-13(12)15/h4-5,8,10H,6-7,9,11H2,1-3H3. The summed E-state index contributed by atoms with van der Waals surface area (Å²) < 4.78 is 0. The lowest BCUT2D eigenvalue weighted by molar-refractivity contribution is 0.498. The minimum Gasteiger partial charge on any atom is -0.366 e. The van der Waals surface area contributed by atoms with Crippen LogP contribution in [0, 0.1) is 0 Å². The molecule has 82 valence electrons. The van der Waals surface area contributed by atoms with E-state index < -0.39 is 0 Å². The average molecular weight is 203 g/mol. The van der Waals surface area contributed by atoms with Crippen molar-refractivity contribution in [3.63, 3.8) is 0 Å². The Kier molecular flexibility index (Phi) is 2.72. The summed E-state index contributed by atoms with van der Waals surface area (Å²) in [5.74, 6) is 0. The maximum Gasteiger partial charge on any atom is 0.0403 e. The highest BCUT2D eigenvalue weighted by atomic mass is 15.2. The van der Waals surface area contributed by atoms with Gasteiger partial charge in [-0.05, 0) is 51.7 Å². The molecule has 0 saturated carbocycles. The number of hydrogen-bond donors (Lipinski definition) is 0. The zero-order chi connectivity index (χ0) is 10.9. The summed E-state index contributed by atoms with van der Waals surface area (Å²) >= 11 is 0. The fourth-order valence-electron chi connectivity index (χ4n) is 2.39. The first-order valence-corrected chi connectivity index (χ1v) is 5.94. The molecule has 0 spiro atoms. The molecular weight excluding hydrogens is 182 g/mol. The van der Waals surface area contributed by atoms with Gasteiger partial charge in [0.1, 0.15) is 0 Å². The van der Waals surface area contributed by atoms with Gasteiger partial charge >= 0.3 is 0 Å². The van der Waals surface area contributed by atoms with E-state index in [1.54, 1.807) is 0 Å². The first-order valence-electron chi connectivity index (χ1n) is 5.94. The first-order chi connectivity index (χ1) is 7.09. The Labute approximate surface area is 93.1 Å². The van der Waals surface area contributed by atoms with Crippen molar-refractivity contribution in [2.45, 2.75) is 45.6 Å². The predicted octanol–water partition coefficient (Wildman–Crippen LogP) is 3.63. The monoisotopic (exact) mass is 203 g/mol. The van der Waals surface area contributed by atoms with Crippen LogP contribution in [0.2, 0.25) is 0 Å². The van der Waals surface area contributed by atoms with E-state index in [9.17, 15) is 0 Å². The topological polar surface area (TPSA) is 3.24 Å². The van der Waals surface area contributed by atoms with Gasteiger partial charge < -0.3 is 4.90 Å². The van der Waals surface area contributed by atoms with E-state index >= 15 is 0 Å². The van der Waals surface area contributed by atoms with E-state index in [-0.39, 0.29) is 5.54 Å². The van der Waals surface area contributed by atoms with Crippen LogP contribution in [0.4, 0.5) is 5.69 Å². The Morgan fingerprint density at radius 3 is 2.53 bits per heavy atom. The van der Waals surface area contributed by atoms with Gasteiger partial charge in [0, 0.05) is 17.8 Å². The van der Waals surface area contributed by atoms with Crippen molar-refractivity contribution in [1.82, 2.24) is 0 Å². The van der Waals surface area contributed by atoms with Crippen molar-refractivity contribution in [2.75, 3.05) is 11.4 Å². The third-order valence-corrected chi connectivity index (χ3v) is 3.17. The summed E-state index contributed by atoms with van der Waals surface area (Å²) in [6.07, 6.45) is 3.87. The van der Waals surface area contributed by atoms with Crippen molar-refractivity contribution in [3.8, 4) is 0 Å².